The summed E-state index contributed by atoms with van der Waals surface area (Å²) in [6.45, 7) is 0. The Bertz CT molecular complexity index is 1540. The van der Waals surface area contributed by atoms with E-state index in [1.165, 1.54) is 12.1 Å². The lowest BCUT2D eigenvalue weighted by molar-refractivity contribution is -0.140. The van der Waals surface area contributed by atoms with Gasteiger partial charge in [0.1, 0.15) is 18.2 Å². The van der Waals surface area contributed by atoms with Gasteiger partial charge in [0.2, 0.25) is 0 Å². The summed E-state index contributed by atoms with van der Waals surface area (Å²) >= 11 is 5.75. The summed E-state index contributed by atoms with van der Waals surface area (Å²) in [7, 11) is 0. The first kappa shape index (κ1) is 23.9. The van der Waals surface area contributed by atoms with Gasteiger partial charge in [-0.1, -0.05) is 11.6 Å². The molecule has 2 aromatic carbocycles. The van der Waals surface area contributed by atoms with Crippen molar-refractivity contribution in [1.82, 2.24) is 24.5 Å². The van der Waals surface area contributed by atoms with Crippen LogP contribution >= 0.6 is 11.6 Å². The molecule has 4 rings (SSSR count). The minimum absolute atomic E-state index is 0.0224. The Morgan fingerprint density at radius 1 is 1.03 bits per heavy atom. The molecule has 0 saturated heterocycles. The van der Waals surface area contributed by atoms with Crippen molar-refractivity contribution in [3.63, 3.8) is 0 Å². The Kier molecular flexibility index (Phi) is 5.60. The fourth-order valence-electron chi connectivity index (χ4n) is 3.37. The number of anilines is 1. The summed E-state index contributed by atoms with van der Waals surface area (Å²) in [5.41, 5.74) is 0.795. The van der Waals surface area contributed by atoms with Gasteiger partial charge < -0.3 is 5.73 Å². The largest absolute Gasteiger partial charge is 0.435 e. The van der Waals surface area contributed by atoms with E-state index >= 15 is 0 Å². The molecule has 0 aliphatic heterocycles. The van der Waals surface area contributed by atoms with Gasteiger partial charge in [-0.3, -0.25) is 4.98 Å². The molecule has 4 aromatic rings. The van der Waals surface area contributed by atoms with Crippen LogP contribution in [0.1, 0.15) is 16.8 Å². The number of benzene rings is 2. The summed E-state index contributed by atoms with van der Waals surface area (Å²) < 4.78 is 82.7. The summed E-state index contributed by atoms with van der Waals surface area (Å²) in [5.74, 6) is -0.652. The van der Waals surface area contributed by atoms with Crippen molar-refractivity contribution in [2.24, 2.45) is 0 Å². The monoisotopic (exact) mass is 513 g/mol. The van der Waals surface area contributed by atoms with Gasteiger partial charge in [-0.05, 0) is 42.0 Å². The molecule has 2 heterocycles. The number of nitrogens with zero attached hydrogens (tertiary/aromatic N) is 5. The highest BCUT2D eigenvalue weighted by Gasteiger charge is 2.40. The van der Waals surface area contributed by atoms with Crippen LogP contribution in [0.3, 0.4) is 0 Å². The number of H-pyrrole nitrogens is 1. The molecule has 0 radical (unpaired) electrons. The average Bonchev–Trinajstić information content (AvgIpc) is 3.35. The molecular formula is C20H10ClF6N7O. The van der Waals surface area contributed by atoms with E-state index in [1.54, 1.807) is 6.07 Å². The summed E-state index contributed by atoms with van der Waals surface area (Å²) in [6, 6.07) is 7.28. The van der Waals surface area contributed by atoms with E-state index in [4.69, 9.17) is 17.3 Å². The van der Waals surface area contributed by atoms with Gasteiger partial charge in [-0.15, -0.1) is 0 Å². The molecule has 0 fully saturated rings. The van der Waals surface area contributed by atoms with E-state index in [0.29, 0.717) is 16.8 Å². The van der Waals surface area contributed by atoms with Crippen molar-refractivity contribution < 1.29 is 26.3 Å². The second-order valence-electron chi connectivity index (χ2n) is 7.06. The lowest BCUT2D eigenvalue weighted by Crippen LogP contribution is -2.17. The zero-order valence-electron chi connectivity index (χ0n) is 16.9. The Morgan fingerprint density at radius 3 is 2.31 bits per heavy atom. The molecule has 0 aliphatic carbocycles. The maximum atomic E-state index is 13.8. The number of rotatable bonds is 3. The third-order valence-electron chi connectivity index (χ3n) is 4.83. The maximum Gasteiger partial charge on any atom is 0.435 e. The molecule has 0 amide bonds. The van der Waals surface area contributed by atoms with Crippen molar-refractivity contribution in [3.8, 4) is 28.6 Å². The number of hydrogen-bond acceptors (Lipinski definition) is 5. The van der Waals surface area contributed by atoms with Crippen LogP contribution in [-0.4, -0.2) is 24.5 Å². The van der Waals surface area contributed by atoms with Crippen LogP contribution in [0.5, 0.6) is 0 Å². The van der Waals surface area contributed by atoms with Crippen molar-refractivity contribution in [2.45, 2.75) is 12.4 Å². The smallest absolute Gasteiger partial charge is 0.383 e. The number of aromatic amines is 1. The Morgan fingerprint density at radius 2 is 1.74 bits per heavy atom. The third kappa shape index (κ3) is 4.33. The number of alkyl halides is 6. The van der Waals surface area contributed by atoms with E-state index in [9.17, 15) is 36.4 Å². The molecule has 0 unspecified atom stereocenters. The SMILES string of the molecule is N#Cc1cc(-n2nc(C(F)(F)F)c(-c3cc(Cl)cc(C(F)(F)F)c3)c2N)ccc1-n1nc[nH]c1=O. The second-order valence-corrected chi connectivity index (χ2v) is 7.50. The standard InChI is InChI=1S/C20H10ClF6N7O/c21-12-4-9(3-11(6-12)19(22,23)24)15-16(20(25,26)27)32-33(17(15)29)13-1-2-14(10(5-13)7-28)34-18(35)30-8-31-34/h1-6,8H,29H2,(H,30,31,35). The molecule has 8 nitrogen and oxygen atoms in total. The predicted molar refractivity (Wildman–Crippen MR) is 111 cm³/mol. The Hall–Kier alpha value is -4.25. The summed E-state index contributed by atoms with van der Waals surface area (Å²) in [6.07, 6.45) is -8.91. The van der Waals surface area contributed by atoms with Crippen molar-refractivity contribution in [3.05, 3.63) is 75.1 Å². The minimum Gasteiger partial charge on any atom is -0.383 e. The average molecular weight is 514 g/mol. The van der Waals surface area contributed by atoms with Gasteiger partial charge in [0.05, 0.1) is 28.1 Å². The maximum absolute atomic E-state index is 13.8. The van der Waals surface area contributed by atoms with Crippen LogP contribution in [-0.2, 0) is 12.4 Å². The quantitative estimate of drug-likeness (QED) is 0.389. The first-order valence-electron chi connectivity index (χ1n) is 9.32. The van der Waals surface area contributed by atoms with Crippen LogP contribution in [0, 0.1) is 11.3 Å². The first-order chi connectivity index (χ1) is 16.3. The topological polar surface area (TPSA) is 118 Å². The fraction of sp³-hybridized carbons (Fsp3) is 0.100. The van der Waals surface area contributed by atoms with Gasteiger partial charge in [0.25, 0.3) is 0 Å². The minimum atomic E-state index is -5.10. The number of halogens is 7. The van der Waals surface area contributed by atoms with E-state index < -0.39 is 51.3 Å². The molecule has 3 N–H and O–H groups in total. The molecule has 15 heteroatoms. The first-order valence-corrected chi connectivity index (χ1v) is 9.70. The number of nitrogens with two attached hydrogens (primary N) is 1. The molecule has 0 spiro atoms. The number of nitriles is 1. The zero-order valence-corrected chi connectivity index (χ0v) is 17.7. The summed E-state index contributed by atoms with van der Waals surface area (Å²) in [5, 5.41) is 16.2. The molecular weight excluding hydrogens is 504 g/mol. The van der Waals surface area contributed by atoms with Gasteiger partial charge in [-0.2, -0.15) is 46.5 Å². The van der Waals surface area contributed by atoms with Gasteiger partial charge in [-0.25, -0.2) is 9.48 Å². The number of aromatic nitrogens is 5. The molecule has 0 bridgehead atoms. The number of nitrogen functional groups attached to an aromatic ring is 1. The Labute approximate surface area is 195 Å². The van der Waals surface area contributed by atoms with Crippen molar-refractivity contribution >= 4 is 17.4 Å². The molecule has 35 heavy (non-hydrogen) atoms. The summed E-state index contributed by atoms with van der Waals surface area (Å²) in [4.78, 5) is 14.1. The lowest BCUT2D eigenvalue weighted by atomic mass is 10.0. The predicted octanol–water partition coefficient (Wildman–Crippen LogP) is 4.56. The second kappa shape index (κ2) is 8.20. The van der Waals surface area contributed by atoms with E-state index in [2.05, 4.69) is 15.2 Å². The van der Waals surface area contributed by atoms with Crippen molar-refractivity contribution in [2.75, 3.05) is 5.73 Å². The third-order valence-corrected chi connectivity index (χ3v) is 5.05. The highest BCUT2D eigenvalue weighted by atomic mass is 35.5. The van der Waals surface area contributed by atoms with Crippen LogP contribution in [0.4, 0.5) is 32.2 Å². The molecule has 180 valence electrons. The molecule has 0 atom stereocenters. The molecule has 0 aliphatic rings. The lowest BCUT2D eigenvalue weighted by Gasteiger charge is -2.12. The fourth-order valence-corrected chi connectivity index (χ4v) is 3.60. The van der Waals surface area contributed by atoms with Crippen molar-refractivity contribution in [1.29, 1.82) is 5.26 Å². The van der Waals surface area contributed by atoms with E-state index in [0.717, 1.165) is 23.1 Å². The van der Waals surface area contributed by atoms with Crippen LogP contribution < -0.4 is 11.4 Å². The van der Waals surface area contributed by atoms with Crippen LogP contribution in [0.15, 0.2) is 47.5 Å². The van der Waals surface area contributed by atoms with E-state index in [-0.39, 0.29) is 16.9 Å². The zero-order chi connectivity index (χ0) is 25.7. The van der Waals surface area contributed by atoms with Gasteiger partial charge in [0, 0.05) is 5.02 Å². The number of nitrogens with one attached hydrogen (secondary N) is 1. The Balaban J connectivity index is 1.95. The highest BCUT2D eigenvalue weighted by Crippen LogP contribution is 2.43. The van der Waals surface area contributed by atoms with Crippen LogP contribution in [0.2, 0.25) is 5.02 Å². The van der Waals surface area contributed by atoms with Crippen LogP contribution in [0.25, 0.3) is 22.5 Å². The van der Waals surface area contributed by atoms with Gasteiger partial charge in [0.15, 0.2) is 5.69 Å². The normalized spacial score (nSPS) is 12.1. The number of hydrogen-bond donors (Lipinski definition) is 2. The van der Waals surface area contributed by atoms with Gasteiger partial charge >= 0.3 is 18.0 Å². The van der Waals surface area contributed by atoms with E-state index in [1.807, 2.05) is 0 Å². The molecule has 2 aromatic heterocycles. The highest BCUT2D eigenvalue weighted by molar-refractivity contribution is 6.31. The molecule has 0 saturated carbocycles.